The molecule has 1 atom stereocenters. The largest absolute Gasteiger partial charge is 0.506 e. The molecule has 0 spiro atoms. The number of hydrogen-bond donors (Lipinski definition) is 2. The summed E-state index contributed by atoms with van der Waals surface area (Å²) in [5, 5.41) is 17.2. The summed E-state index contributed by atoms with van der Waals surface area (Å²) in [6, 6.07) is 4.30. The summed E-state index contributed by atoms with van der Waals surface area (Å²) in [7, 11) is 0. The number of benzene rings is 1. The van der Waals surface area contributed by atoms with Gasteiger partial charge in [0, 0.05) is 18.0 Å². The highest BCUT2D eigenvalue weighted by Gasteiger charge is 2.28. The van der Waals surface area contributed by atoms with Gasteiger partial charge >= 0.3 is 0 Å². The summed E-state index contributed by atoms with van der Waals surface area (Å²) in [6.45, 7) is 2.14. The number of carbonyl (C=O) groups excluding carboxylic acids is 1. The summed E-state index contributed by atoms with van der Waals surface area (Å²) in [5.41, 5.74) is 1.22. The van der Waals surface area contributed by atoms with E-state index in [2.05, 4.69) is 5.32 Å². The van der Waals surface area contributed by atoms with E-state index in [0.717, 1.165) is 5.56 Å². The average molecular weight is 372 g/mol. The Morgan fingerprint density at radius 1 is 1.46 bits per heavy atom. The van der Waals surface area contributed by atoms with Crippen molar-refractivity contribution in [3.8, 4) is 5.75 Å². The number of aryl methyl sites for hydroxylation is 1. The maximum Gasteiger partial charge on any atom is 0.267 e. The number of thiophene rings is 1. The van der Waals surface area contributed by atoms with E-state index in [4.69, 9.17) is 0 Å². The fraction of sp³-hybridized carbons (Fsp3) is 0.263. The monoisotopic (exact) mass is 372 g/mol. The third-order valence-corrected chi connectivity index (χ3v) is 5.58. The van der Waals surface area contributed by atoms with Crippen LogP contribution < -0.4 is 10.9 Å². The lowest BCUT2D eigenvalue weighted by Crippen LogP contribution is -2.35. The van der Waals surface area contributed by atoms with Crippen LogP contribution in [0.15, 0.2) is 33.8 Å². The molecule has 134 valence electrons. The van der Waals surface area contributed by atoms with Crippen molar-refractivity contribution >= 4 is 28.1 Å². The average Bonchev–Trinajstić information content (AvgIpc) is 3.12. The van der Waals surface area contributed by atoms with Crippen LogP contribution in [0.25, 0.3) is 10.9 Å². The zero-order valence-corrected chi connectivity index (χ0v) is 14.9. The van der Waals surface area contributed by atoms with Crippen molar-refractivity contribution < 1.29 is 14.3 Å². The first kappa shape index (κ1) is 16.8. The standard InChI is InChI=1S/C19H17FN2O3S/c1-10-2-3-12-6-13(20)7-14-16(12)22(10)19(25)15(17(14)23)18(24)21-8-11-4-5-26-9-11/h4-7,9-10,23H,2-3,8H2,1H3,(H,21,24). The number of aromatic nitrogens is 1. The van der Waals surface area contributed by atoms with Gasteiger partial charge in [0.2, 0.25) is 0 Å². The van der Waals surface area contributed by atoms with E-state index in [1.54, 1.807) is 0 Å². The molecule has 1 amide bonds. The summed E-state index contributed by atoms with van der Waals surface area (Å²) < 4.78 is 15.5. The summed E-state index contributed by atoms with van der Waals surface area (Å²) in [4.78, 5) is 25.6. The molecule has 3 aromatic rings. The summed E-state index contributed by atoms with van der Waals surface area (Å²) >= 11 is 1.50. The second-order valence-corrected chi connectivity index (χ2v) is 7.34. The highest BCUT2D eigenvalue weighted by atomic mass is 32.1. The third-order valence-electron chi connectivity index (χ3n) is 4.85. The predicted molar refractivity (Wildman–Crippen MR) is 98.4 cm³/mol. The first-order valence-corrected chi connectivity index (χ1v) is 9.30. The molecule has 3 heterocycles. The first-order chi connectivity index (χ1) is 12.5. The molecule has 1 aromatic carbocycles. The lowest BCUT2D eigenvalue weighted by Gasteiger charge is -2.26. The lowest BCUT2D eigenvalue weighted by molar-refractivity contribution is 0.0946. The van der Waals surface area contributed by atoms with Crippen LogP contribution >= 0.6 is 11.3 Å². The van der Waals surface area contributed by atoms with Gasteiger partial charge in [-0.1, -0.05) is 0 Å². The van der Waals surface area contributed by atoms with Crippen molar-refractivity contribution in [2.24, 2.45) is 0 Å². The minimum atomic E-state index is -0.659. The third kappa shape index (κ3) is 2.59. The fourth-order valence-electron chi connectivity index (χ4n) is 3.55. The fourth-order valence-corrected chi connectivity index (χ4v) is 4.22. The Morgan fingerprint density at radius 2 is 2.27 bits per heavy atom. The SMILES string of the molecule is CC1CCc2cc(F)cc3c(O)c(C(=O)NCc4ccsc4)c(=O)n1c23. The van der Waals surface area contributed by atoms with E-state index in [9.17, 15) is 19.1 Å². The number of aromatic hydroxyl groups is 1. The highest BCUT2D eigenvalue weighted by molar-refractivity contribution is 7.07. The number of pyridine rings is 1. The molecule has 2 aromatic heterocycles. The molecule has 5 nitrogen and oxygen atoms in total. The van der Waals surface area contributed by atoms with Crippen molar-refractivity contribution in [2.45, 2.75) is 32.4 Å². The Morgan fingerprint density at radius 3 is 3.00 bits per heavy atom. The minimum absolute atomic E-state index is 0.132. The Hall–Kier alpha value is -2.67. The van der Waals surface area contributed by atoms with Crippen LogP contribution in [0.5, 0.6) is 5.75 Å². The number of nitrogens with one attached hydrogen (secondary N) is 1. The van der Waals surface area contributed by atoms with Crippen LogP contribution in [0.1, 0.15) is 40.9 Å². The number of halogens is 1. The molecule has 0 saturated heterocycles. The van der Waals surface area contributed by atoms with E-state index in [1.165, 1.54) is 28.0 Å². The van der Waals surface area contributed by atoms with Gasteiger partial charge in [-0.05, 0) is 59.9 Å². The number of amides is 1. The molecular formula is C19H17FN2O3S. The van der Waals surface area contributed by atoms with Crippen LogP contribution in [0, 0.1) is 5.82 Å². The Balaban J connectivity index is 1.88. The molecule has 1 unspecified atom stereocenters. The Labute approximate surface area is 152 Å². The van der Waals surface area contributed by atoms with Gasteiger partial charge in [0.1, 0.15) is 17.1 Å². The second-order valence-electron chi connectivity index (χ2n) is 6.56. The zero-order valence-electron chi connectivity index (χ0n) is 14.1. The molecule has 4 rings (SSSR count). The lowest BCUT2D eigenvalue weighted by atomic mass is 9.95. The molecule has 0 aliphatic carbocycles. The van der Waals surface area contributed by atoms with Crippen molar-refractivity contribution in [3.63, 3.8) is 0 Å². The predicted octanol–water partition coefficient (Wildman–Crippen LogP) is 3.34. The minimum Gasteiger partial charge on any atom is -0.506 e. The van der Waals surface area contributed by atoms with Gasteiger partial charge in [-0.3, -0.25) is 9.59 Å². The maximum absolute atomic E-state index is 14.0. The normalized spacial score (nSPS) is 16.0. The molecule has 1 aliphatic heterocycles. The van der Waals surface area contributed by atoms with E-state index >= 15 is 0 Å². The van der Waals surface area contributed by atoms with Gasteiger partial charge in [-0.2, -0.15) is 11.3 Å². The zero-order chi connectivity index (χ0) is 18.4. The maximum atomic E-state index is 14.0. The van der Waals surface area contributed by atoms with E-state index in [0.29, 0.717) is 23.9 Å². The van der Waals surface area contributed by atoms with Crippen molar-refractivity contribution in [2.75, 3.05) is 0 Å². The van der Waals surface area contributed by atoms with Gasteiger partial charge in [0.05, 0.1) is 5.52 Å². The number of hydrogen-bond acceptors (Lipinski definition) is 4. The quantitative estimate of drug-likeness (QED) is 0.741. The molecule has 7 heteroatoms. The number of rotatable bonds is 3. The summed E-state index contributed by atoms with van der Waals surface area (Å²) in [5.74, 6) is -1.61. The van der Waals surface area contributed by atoms with Crippen LogP contribution in [-0.4, -0.2) is 15.6 Å². The second kappa shape index (κ2) is 6.25. The van der Waals surface area contributed by atoms with Crippen LogP contribution in [0.2, 0.25) is 0 Å². The van der Waals surface area contributed by atoms with E-state index < -0.39 is 23.0 Å². The van der Waals surface area contributed by atoms with E-state index in [1.807, 2.05) is 23.8 Å². The van der Waals surface area contributed by atoms with Crippen molar-refractivity contribution in [1.82, 2.24) is 9.88 Å². The van der Waals surface area contributed by atoms with E-state index in [-0.39, 0.29) is 23.5 Å². The summed E-state index contributed by atoms with van der Waals surface area (Å²) in [6.07, 6.45) is 1.30. The van der Waals surface area contributed by atoms with Crippen LogP contribution in [0.3, 0.4) is 0 Å². The van der Waals surface area contributed by atoms with Crippen LogP contribution in [-0.2, 0) is 13.0 Å². The molecule has 2 N–H and O–H groups in total. The molecule has 26 heavy (non-hydrogen) atoms. The molecule has 0 saturated carbocycles. The molecule has 1 aliphatic rings. The smallest absolute Gasteiger partial charge is 0.267 e. The van der Waals surface area contributed by atoms with Gasteiger partial charge < -0.3 is 15.0 Å². The van der Waals surface area contributed by atoms with Gasteiger partial charge in [0.15, 0.2) is 0 Å². The van der Waals surface area contributed by atoms with Crippen molar-refractivity contribution in [1.29, 1.82) is 0 Å². The Kier molecular flexibility index (Phi) is 4.03. The number of nitrogens with zero attached hydrogens (tertiary/aromatic N) is 1. The molecular weight excluding hydrogens is 355 g/mol. The first-order valence-electron chi connectivity index (χ1n) is 8.36. The molecule has 0 bridgehead atoms. The van der Waals surface area contributed by atoms with Gasteiger partial charge in [0.25, 0.3) is 11.5 Å². The van der Waals surface area contributed by atoms with Gasteiger partial charge in [-0.15, -0.1) is 0 Å². The highest BCUT2D eigenvalue weighted by Crippen LogP contribution is 2.35. The molecule has 0 fully saturated rings. The molecule has 0 radical (unpaired) electrons. The van der Waals surface area contributed by atoms with Crippen molar-refractivity contribution in [3.05, 3.63) is 61.8 Å². The van der Waals surface area contributed by atoms with Gasteiger partial charge in [-0.25, -0.2) is 4.39 Å². The number of carbonyl (C=O) groups is 1. The van der Waals surface area contributed by atoms with Crippen LogP contribution in [0.4, 0.5) is 4.39 Å². The topological polar surface area (TPSA) is 71.3 Å². The Bertz CT molecular complexity index is 1070.